The highest BCUT2D eigenvalue weighted by Gasteiger charge is 2.44. The average Bonchev–Trinajstić information content (AvgIpc) is 2.63. The Morgan fingerprint density at radius 1 is 1.41 bits per heavy atom. The van der Waals surface area contributed by atoms with Gasteiger partial charge in [-0.2, -0.15) is 20.2 Å². The van der Waals surface area contributed by atoms with Crippen molar-refractivity contribution in [3.05, 3.63) is 24.3 Å². The smallest absolute Gasteiger partial charge is 0.289 e. The molecule has 0 aromatic heterocycles. The van der Waals surface area contributed by atoms with Crippen LogP contribution < -0.4 is 10.1 Å². The Bertz CT molecular complexity index is 841. The number of thioether (sulfide) groups is 1. The summed E-state index contributed by atoms with van der Waals surface area (Å²) in [5.74, 6) is 5.74. The SMILES string of the molecule is CC#CCOc1ccc(S(=O)(=O)N(O)C(=O)[C@@H]2N[C@H](C)CSC2(C)C)cc1. The number of nitrogens with one attached hydrogen (secondary N) is 1. The van der Waals surface area contributed by atoms with E-state index in [1.165, 1.54) is 24.3 Å². The molecule has 1 aliphatic heterocycles. The molecule has 2 atom stereocenters. The normalized spacial score (nSPS) is 21.7. The fourth-order valence-electron chi connectivity index (χ4n) is 2.55. The van der Waals surface area contributed by atoms with Crippen molar-refractivity contribution in [3.8, 4) is 17.6 Å². The Morgan fingerprint density at radius 3 is 2.63 bits per heavy atom. The zero-order valence-corrected chi connectivity index (χ0v) is 17.4. The molecule has 9 heteroatoms. The highest BCUT2D eigenvalue weighted by molar-refractivity contribution is 8.00. The minimum atomic E-state index is -4.39. The molecule has 1 amide bonds. The molecule has 0 saturated carbocycles. The highest BCUT2D eigenvalue weighted by Crippen LogP contribution is 2.34. The molecule has 1 fully saturated rings. The third kappa shape index (κ3) is 4.96. The van der Waals surface area contributed by atoms with Gasteiger partial charge in [-0.15, -0.1) is 10.4 Å². The lowest BCUT2D eigenvalue weighted by Gasteiger charge is -2.41. The predicted octanol–water partition coefficient (Wildman–Crippen LogP) is 1.87. The van der Waals surface area contributed by atoms with Gasteiger partial charge in [0.25, 0.3) is 15.9 Å². The Morgan fingerprint density at radius 2 is 2.04 bits per heavy atom. The van der Waals surface area contributed by atoms with Crippen LogP contribution in [0.3, 0.4) is 0 Å². The first kappa shape index (κ1) is 21.6. The lowest BCUT2D eigenvalue weighted by Crippen LogP contribution is -2.61. The maximum absolute atomic E-state index is 12.7. The lowest BCUT2D eigenvalue weighted by molar-refractivity contribution is -0.149. The molecule has 7 nitrogen and oxygen atoms in total. The van der Waals surface area contributed by atoms with Gasteiger partial charge in [-0.05, 0) is 52.0 Å². The topological polar surface area (TPSA) is 95.9 Å². The Kier molecular flexibility index (Phi) is 6.81. The number of hydrogen-bond donors (Lipinski definition) is 2. The molecule has 148 valence electrons. The predicted molar refractivity (Wildman–Crippen MR) is 104 cm³/mol. The van der Waals surface area contributed by atoms with Crippen LogP contribution in [0.25, 0.3) is 0 Å². The molecule has 2 rings (SSSR count). The summed E-state index contributed by atoms with van der Waals surface area (Å²) in [5, 5.41) is 13.3. The third-order valence-electron chi connectivity index (χ3n) is 4.12. The molecule has 2 N–H and O–H groups in total. The van der Waals surface area contributed by atoms with Crippen molar-refractivity contribution < 1.29 is 23.2 Å². The van der Waals surface area contributed by atoms with E-state index < -0.39 is 26.7 Å². The maximum Gasteiger partial charge on any atom is 0.289 e. The van der Waals surface area contributed by atoms with Gasteiger partial charge in [0.15, 0.2) is 0 Å². The van der Waals surface area contributed by atoms with Crippen molar-refractivity contribution in [2.75, 3.05) is 12.4 Å². The Labute approximate surface area is 164 Å². The highest BCUT2D eigenvalue weighted by atomic mass is 32.2. The van der Waals surface area contributed by atoms with E-state index in [1.807, 2.05) is 20.8 Å². The molecule has 1 saturated heterocycles. The summed E-state index contributed by atoms with van der Waals surface area (Å²) in [5.41, 5.74) is 0. The number of nitrogens with zero attached hydrogens (tertiary/aromatic N) is 1. The number of benzene rings is 1. The standard InChI is InChI=1S/C18H24N2O5S2/c1-5-6-11-25-14-7-9-15(10-8-14)27(23,24)20(22)17(21)16-18(3,4)26-12-13(2)19-16/h7-10,13,16,19,22H,11-12H2,1-4H3/t13-,16+/m1/s1. The van der Waals surface area contributed by atoms with E-state index in [-0.39, 0.29) is 22.0 Å². The second-order valence-electron chi connectivity index (χ2n) is 6.69. The van der Waals surface area contributed by atoms with E-state index >= 15 is 0 Å². The molecule has 0 unspecified atom stereocenters. The first-order chi connectivity index (χ1) is 12.6. The number of rotatable bonds is 5. The number of hydroxylamine groups is 1. The van der Waals surface area contributed by atoms with Gasteiger partial charge in [0.1, 0.15) is 18.4 Å². The van der Waals surface area contributed by atoms with Crippen LogP contribution in [-0.2, 0) is 14.8 Å². The van der Waals surface area contributed by atoms with Crippen LogP contribution in [-0.4, -0.2) is 53.2 Å². The van der Waals surface area contributed by atoms with Gasteiger partial charge in [0.05, 0.1) is 4.90 Å². The summed E-state index contributed by atoms with van der Waals surface area (Å²) < 4.78 is 29.9. The first-order valence-electron chi connectivity index (χ1n) is 8.40. The molecule has 27 heavy (non-hydrogen) atoms. The van der Waals surface area contributed by atoms with Crippen LogP contribution >= 0.6 is 11.8 Å². The molecule has 0 radical (unpaired) electrons. The van der Waals surface area contributed by atoms with Gasteiger partial charge >= 0.3 is 0 Å². The number of carbonyl (C=O) groups is 1. The summed E-state index contributed by atoms with van der Waals surface area (Å²) in [6.07, 6.45) is 0. The van der Waals surface area contributed by atoms with Gasteiger partial charge in [-0.25, -0.2) is 0 Å². The number of amides is 1. The maximum atomic E-state index is 12.7. The third-order valence-corrected chi connectivity index (χ3v) is 7.27. The summed E-state index contributed by atoms with van der Waals surface area (Å²) >= 11 is 1.56. The minimum absolute atomic E-state index is 0.0238. The monoisotopic (exact) mass is 412 g/mol. The van der Waals surface area contributed by atoms with Crippen LogP contribution in [0.5, 0.6) is 5.75 Å². The molecule has 0 spiro atoms. The van der Waals surface area contributed by atoms with Crippen molar-refractivity contribution in [2.24, 2.45) is 0 Å². The zero-order chi connectivity index (χ0) is 20.2. The minimum Gasteiger partial charge on any atom is -0.481 e. The quantitative estimate of drug-likeness (QED) is 0.433. The van der Waals surface area contributed by atoms with Gasteiger partial charge in [0, 0.05) is 16.5 Å². The van der Waals surface area contributed by atoms with E-state index in [1.54, 1.807) is 18.7 Å². The van der Waals surface area contributed by atoms with E-state index in [9.17, 15) is 18.4 Å². The van der Waals surface area contributed by atoms with Crippen LogP contribution in [0.15, 0.2) is 29.2 Å². The molecule has 1 aromatic rings. The summed E-state index contributed by atoms with van der Waals surface area (Å²) in [7, 11) is -4.39. The van der Waals surface area contributed by atoms with Crippen LogP contribution in [0.2, 0.25) is 0 Å². The molecular weight excluding hydrogens is 388 g/mol. The van der Waals surface area contributed by atoms with E-state index in [0.29, 0.717) is 5.75 Å². The second-order valence-corrected chi connectivity index (χ2v) is 10.1. The van der Waals surface area contributed by atoms with E-state index in [4.69, 9.17) is 4.74 Å². The average molecular weight is 413 g/mol. The molecule has 0 bridgehead atoms. The molecule has 1 aromatic carbocycles. The van der Waals surface area contributed by atoms with Crippen molar-refractivity contribution in [2.45, 2.75) is 49.4 Å². The fourth-order valence-corrected chi connectivity index (χ4v) is 4.69. The number of hydrogen-bond acceptors (Lipinski definition) is 7. The first-order valence-corrected chi connectivity index (χ1v) is 10.8. The van der Waals surface area contributed by atoms with Gasteiger partial charge in [-0.1, -0.05) is 5.92 Å². The molecule has 0 aliphatic carbocycles. The van der Waals surface area contributed by atoms with Crippen molar-refractivity contribution in [1.82, 2.24) is 9.79 Å². The largest absolute Gasteiger partial charge is 0.481 e. The molecular formula is C18H24N2O5S2. The zero-order valence-electron chi connectivity index (χ0n) is 15.7. The number of carbonyl (C=O) groups excluding carboxylic acids is 1. The Balaban J connectivity index is 2.19. The number of sulfonamides is 1. The Hall–Kier alpha value is -1.73. The summed E-state index contributed by atoms with van der Waals surface area (Å²) in [4.78, 5) is 12.5. The van der Waals surface area contributed by atoms with Crippen molar-refractivity contribution in [3.63, 3.8) is 0 Å². The molecule has 1 heterocycles. The van der Waals surface area contributed by atoms with Crippen molar-refractivity contribution in [1.29, 1.82) is 0 Å². The van der Waals surface area contributed by atoms with Crippen LogP contribution in [0, 0.1) is 11.8 Å². The van der Waals surface area contributed by atoms with Gasteiger partial charge in [0.2, 0.25) is 0 Å². The van der Waals surface area contributed by atoms with Gasteiger partial charge < -0.3 is 10.1 Å². The fraction of sp³-hybridized carbons (Fsp3) is 0.500. The second kappa shape index (κ2) is 8.52. The van der Waals surface area contributed by atoms with E-state index in [2.05, 4.69) is 17.2 Å². The molecule has 1 aliphatic rings. The van der Waals surface area contributed by atoms with Crippen LogP contribution in [0.4, 0.5) is 0 Å². The lowest BCUT2D eigenvalue weighted by atomic mass is 10.0. The van der Waals surface area contributed by atoms with E-state index in [0.717, 1.165) is 5.75 Å². The summed E-state index contributed by atoms with van der Waals surface area (Å²) in [6.45, 7) is 7.45. The summed E-state index contributed by atoms with van der Waals surface area (Å²) in [6, 6.07) is 4.64. The van der Waals surface area contributed by atoms with Crippen molar-refractivity contribution >= 4 is 27.7 Å². The van der Waals surface area contributed by atoms with Gasteiger partial charge in [-0.3, -0.25) is 10.0 Å². The van der Waals surface area contributed by atoms with Crippen LogP contribution in [0.1, 0.15) is 27.7 Å². The number of ether oxygens (including phenoxy) is 1.